The largest absolute Gasteiger partial charge is 0.486 e. The number of nitrogens with zero attached hydrogens (tertiary/aromatic N) is 1. The van der Waals surface area contributed by atoms with E-state index in [1.165, 1.54) is 16.4 Å². The highest BCUT2D eigenvalue weighted by Crippen LogP contribution is 2.35. The lowest BCUT2D eigenvalue weighted by atomic mass is 10.1. The minimum absolute atomic E-state index is 0.163. The number of hydrogen-bond donors (Lipinski definition) is 0. The number of sulfonamides is 1. The zero-order valence-corrected chi connectivity index (χ0v) is 16.6. The van der Waals surface area contributed by atoms with Crippen LogP contribution in [0.25, 0.3) is 0 Å². The van der Waals surface area contributed by atoms with Gasteiger partial charge < -0.3 is 14.2 Å². The first kappa shape index (κ1) is 18.8. The zero-order valence-electron chi connectivity index (χ0n) is 14.2. The third-order valence-electron chi connectivity index (χ3n) is 4.44. The van der Waals surface area contributed by atoms with Gasteiger partial charge in [-0.1, -0.05) is 23.2 Å². The maximum Gasteiger partial charge on any atom is 0.243 e. The van der Waals surface area contributed by atoms with Crippen molar-refractivity contribution in [1.29, 1.82) is 0 Å². The molecule has 0 N–H and O–H groups in total. The lowest BCUT2D eigenvalue weighted by Gasteiger charge is -2.32. The predicted molar refractivity (Wildman–Crippen MR) is 101 cm³/mol. The van der Waals surface area contributed by atoms with Crippen LogP contribution in [-0.2, 0) is 14.8 Å². The summed E-state index contributed by atoms with van der Waals surface area (Å²) in [7, 11) is -3.70. The van der Waals surface area contributed by atoms with Crippen LogP contribution in [0, 0.1) is 0 Å². The minimum atomic E-state index is -3.70. The molecule has 2 aromatic carbocycles. The number of benzene rings is 2. The molecule has 0 aromatic heterocycles. The molecule has 1 atom stereocenters. The fraction of sp³-hybridized carbons (Fsp3) is 0.333. The summed E-state index contributed by atoms with van der Waals surface area (Å²) in [4.78, 5) is 0.163. The zero-order chi connectivity index (χ0) is 19.0. The first-order chi connectivity index (χ1) is 12.9. The van der Waals surface area contributed by atoms with Crippen molar-refractivity contribution in [2.45, 2.75) is 11.0 Å². The van der Waals surface area contributed by atoms with E-state index < -0.39 is 16.1 Å². The van der Waals surface area contributed by atoms with Gasteiger partial charge in [-0.15, -0.1) is 0 Å². The van der Waals surface area contributed by atoms with Crippen LogP contribution in [0.4, 0.5) is 0 Å². The van der Waals surface area contributed by atoms with Crippen molar-refractivity contribution in [3.8, 4) is 11.5 Å². The molecule has 2 aliphatic rings. The Morgan fingerprint density at radius 1 is 0.926 bits per heavy atom. The van der Waals surface area contributed by atoms with Crippen LogP contribution >= 0.6 is 23.2 Å². The van der Waals surface area contributed by atoms with Crippen molar-refractivity contribution >= 4 is 33.2 Å². The standard InChI is InChI=1S/C18H17Cl2NO5S/c19-13-7-12(8-14(20)9-13)18-11-21(3-4-24-18)27(22,23)15-1-2-16-17(10-15)26-6-5-25-16/h1-2,7-10,18H,3-6,11H2. The molecule has 4 rings (SSSR count). The number of hydrogen-bond acceptors (Lipinski definition) is 5. The second-order valence-electron chi connectivity index (χ2n) is 6.23. The summed E-state index contributed by atoms with van der Waals surface area (Å²) >= 11 is 12.1. The predicted octanol–water partition coefficient (Wildman–Crippen LogP) is 3.53. The molecule has 144 valence electrons. The minimum Gasteiger partial charge on any atom is -0.486 e. The van der Waals surface area contributed by atoms with E-state index >= 15 is 0 Å². The van der Waals surface area contributed by atoms with Crippen LogP contribution in [0.5, 0.6) is 11.5 Å². The lowest BCUT2D eigenvalue weighted by molar-refractivity contribution is -0.00255. The molecular formula is C18H17Cl2NO5S. The fourth-order valence-corrected chi connectivity index (χ4v) is 5.12. The Kier molecular flexibility index (Phi) is 5.22. The maximum absolute atomic E-state index is 13.1. The number of ether oxygens (including phenoxy) is 3. The van der Waals surface area contributed by atoms with Gasteiger partial charge in [0.25, 0.3) is 0 Å². The molecule has 0 spiro atoms. The van der Waals surface area contributed by atoms with E-state index in [9.17, 15) is 8.42 Å². The Balaban J connectivity index is 1.60. The van der Waals surface area contributed by atoms with Crippen molar-refractivity contribution in [2.75, 3.05) is 32.9 Å². The molecule has 1 saturated heterocycles. The number of morpholine rings is 1. The van der Waals surface area contributed by atoms with Gasteiger partial charge in [0.2, 0.25) is 10.0 Å². The lowest BCUT2D eigenvalue weighted by Crippen LogP contribution is -2.42. The summed E-state index contributed by atoms with van der Waals surface area (Å²) in [6, 6.07) is 9.75. The van der Waals surface area contributed by atoms with Gasteiger partial charge in [0.15, 0.2) is 11.5 Å². The molecule has 0 saturated carbocycles. The molecule has 9 heteroatoms. The van der Waals surface area contributed by atoms with E-state index in [-0.39, 0.29) is 24.6 Å². The average Bonchev–Trinajstić information content (AvgIpc) is 2.67. The van der Waals surface area contributed by atoms with Gasteiger partial charge >= 0.3 is 0 Å². The molecule has 0 aliphatic carbocycles. The van der Waals surface area contributed by atoms with E-state index in [0.717, 1.165) is 5.56 Å². The molecule has 27 heavy (non-hydrogen) atoms. The molecule has 6 nitrogen and oxygen atoms in total. The Morgan fingerprint density at radius 3 is 2.37 bits per heavy atom. The summed E-state index contributed by atoms with van der Waals surface area (Å²) < 4.78 is 44.3. The van der Waals surface area contributed by atoms with Crippen molar-refractivity contribution in [2.24, 2.45) is 0 Å². The molecule has 2 aromatic rings. The Hall–Kier alpha value is -1.51. The Bertz CT molecular complexity index is 946. The molecule has 1 unspecified atom stereocenters. The maximum atomic E-state index is 13.1. The van der Waals surface area contributed by atoms with Gasteiger partial charge in [-0.2, -0.15) is 4.31 Å². The van der Waals surface area contributed by atoms with Crippen molar-refractivity contribution in [3.05, 3.63) is 52.0 Å². The Morgan fingerprint density at radius 2 is 1.63 bits per heavy atom. The first-order valence-corrected chi connectivity index (χ1v) is 10.6. The molecule has 0 amide bonds. The summed E-state index contributed by atoms with van der Waals surface area (Å²) in [5.41, 5.74) is 0.745. The van der Waals surface area contributed by atoms with Crippen molar-refractivity contribution < 1.29 is 22.6 Å². The van der Waals surface area contributed by atoms with Crippen molar-refractivity contribution in [1.82, 2.24) is 4.31 Å². The van der Waals surface area contributed by atoms with E-state index in [2.05, 4.69) is 0 Å². The molecule has 0 radical (unpaired) electrons. The highest BCUT2D eigenvalue weighted by molar-refractivity contribution is 7.89. The third kappa shape index (κ3) is 3.88. The SMILES string of the molecule is O=S(=O)(c1ccc2c(c1)OCCO2)N1CCOC(c2cc(Cl)cc(Cl)c2)C1. The van der Waals surface area contributed by atoms with Gasteiger partial charge in [-0.25, -0.2) is 8.42 Å². The monoisotopic (exact) mass is 429 g/mol. The normalized spacial score (nSPS) is 20.4. The second-order valence-corrected chi connectivity index (χ2v) is 9.04. The molecule has 1 fully saturated rings. The quantitative estimate of drug-likeness (QED) is 0.746. The van der Waals surface area contributed by atoms with Crippen LogP contribution in [0.1, 0.15) is 11.7 Å². The molecule has 0 bridgehead atoms. The van der Waals surface area contributed by atoms with Crippen LogP contribution in [-0.4, -0.2) is 45.6 Å². The average molecular weight is 430 g/mol. The number of halogens is 2. The van der Waals surface area contributed by atoms with Gasteiger partial charge in [0.05, 0.1) is 17.6 Å². The summed E-state index contributed by atoms with van der Waals surface area (Å²) in [5.74, 6) is 0.988. The molecule has 2 heterocycles. The highest BCUT2D eigenvalue weighted by atomic mass is 35.5. The fourth-order valence-electron chi connectivity index (χ4n) is 3.14. The van der Waals surface area contributed by atoms with Crippen LogP contribution in [0.15, 0.2) is 41.3 Å². The molecular weight excluding hydrogens is 413 g/mol. The molecule has 2 aliphatic heterocycles. The summed E-state index contributed by atoms with van der Waals surface area (Å²) in [6.07, 6.45) is -0.443. The summed E-state index contributed by atoms with van der Waals surface area (Å²) in [6.45, 7) is 1.56. The number of rotatable bonds is 3. The third-order valence-corrected chi connectivity index (χ3v) is 6.73. The summed E-state index contributed by atoms with van der Waals surface area (Å²) in [5, 5.41) is 0.959. The van der Waals surface area contributed by atoms with E-state index in [0.29, 0.717) is 34.8 Å². The van der Waals surface area contributed by atoms with Gasteiger partial charge in [-0.05, 0) is 35.9 Å². The smallest absolute Gasteiger partial charge is 0.243 e. The van der Waals surface area contributed by atoms with Crippen LogP contribution in [0.2, 0.25) is 10.0 Å². The van der Waals surface area contributed by atoms with E-state index in [4.69, 9.17) is 37.4 Å². The van der Waals surface area contributed by atoms with Gasteiger partial charge in [0.1, 0.15) is 13.2 Å². The highest BCUT2D eigenvalue weighted by Gasteiger charge is 2.32. The second kappa shape index (κ2) is 7.48. The number of fused-ring (bicyclic) bond motifs is 1. The van der Waals surface area contributed by atoms with Crippen molar-refractivity contribution in [3.63, 3.8) is 0 Å². The van der Waals surface area contributed by atoms with Gasteiger partial charge in [-0.3, -0.25) is 0 Å². The van der Waals surface area contributed by atoms with Crippen LogP contribution < -0.4 is 9.47 Å². The Labute approximate surface area is 167 Å². The van der Waals surface area contributed by atoms with E-state index in [1.54, 1.807) is 24.3 Å². The van der Waals surface area contributed by atoms with Crippen LogP contribution in [0.3, 0.4) is 0 Å². The first-order valence-electron chi connectivity index (χ1n) is 8.41. The van der Waals surface area contributed by atoms with Gasteiger partial charge in [0, 0.05) is 29.2 Å². The topological polar surface area (TPSA) is 65.1 Å². The van der Waals surface area contributed by atoms with E-state index in [1.807, 2.05) is 0 Å².